The average Bonchev–Trinajstić information content (AvgIpc) is 3.08. The number of nitrogens with one attached hydrogen (secondary N) is 1. The van der Waals surface area contributed by atoms with E-state index in [4.69, 9.17) is 4.74 Å². The van der Waals surface area contributed by atoms with E-state index in [0.717, 1.165) is 15.7 Å². The molecule has 4 aromatic rings. The second kappa shape index (κ2) is 8.00. The van der Waals surface area contributed by atoms with Gasteiger partial charge in [-0.2, -0.15) is 0 Å². The van der Waals surface area contributed by atoms with Gasteiger partial charge in [0, 0.05) is 5.69 Å². The summed E-state index contributed by atoms with van der Waals surface area (Å²) < 4.78 is 5.61. The zero-order valence-electron chi connectivity index (χ0n) is 16.9. The van der Waals surface area contributed by atoms with Gasteiger partial charge in [-0.15, -0.1) is 0 Å². The van der Waals surface area contributed by atoms with Crippen LogP contribution in [0, 0.1) is 0 Å². The number of nitrogens with zero attached hydrogens (tertiary/aromatic N) is 1. The summed E-state index contributed by atoms with van der Waals surface area (Å²) in [5, 5.41) is 4.89. The van der Waals surface area contributed by atoms with Crippen molar-refractivity contribution in [1.29, 1.82) is 0 Å². The minimum absolute atomic E-state index is 0.140. The maximum atomic E-state index is 12.6. The van der Waals surface area contributed by atoms with Gasteiger partial charge in [0.05, 0.1) is 16.8 Å². The fourth-order valence-corrected chi connectivity index (χ4v) is 3.72. The summed E-state index contributed by atoms with van der Waals surface area (Å²) in [5.74, 6) is -0.413. The SMILES string of the molecule is O=C(COc1ccc2ccccc2c1)Nc1ccc(N2C(=O)c3ccccc3C2=O)cc1. The highest BCUT2D eigenvalue weighted by atomic mass is 16.5. The van der Waals surface area contributed by atoms with Crippen LogP contribution in [-0.2, 0) is 4.79 Å². The van der Waals surface area contributed by atoms with E-state index in [-0.39, 0.29) is 24.3 Å². The zero-order valence-corrected chi connectivity index (χ0v) is 16.9. The third-order valence-corrected chi connectivity index (χ3v) is 5.29. The van der Waals surface area contributed by atoms with Crippen LogP contribution in [0.25, 0.3) is 10.8 Å². The maximum absolute atomic E-state index is 12.6. The summed E-state index contributed by atoms with van der Waals surface area (Å²) >= 11 is 0. The molecule has 0 saturated heterocycles. The molecule has 0 unspecified atom stereocenters. The molecule has 1 heterocycles. The smallest absolute Gasteiger partial charge is 0.266 e. The number of amides is 3. The van der Waals surface area contributed by atoms with Crippen LogP contribution in [-0.4, -0.2) is 24.3 Å². The molecule has 1 N–H and O–H groups in total. The van der Waals surface area contributed by atoms with Crippen LogP contribution < -0.4 is 15.0 Å². The van der Waals surface area contributed by atoms with Crippen molar-refractivity contribution >= 4 is 39.9 Å². The lowest BCUT2D eigenvalue weighted by molar-refractivity contribution is -0.118. The predicted molar refractivity (Wildman–Crippen MR) is 122 cm³/mol. The van der Waals surface area contributed by atoms with Gasteiger partial charge in [-0.3, -0.25) is 14.4 Å². The minimum atomic E-state index is -0.355. The first kappa shape index (κ1) is 19.5. The van der Waals surface area contributed by atoms with E-state index in [1.807, 2.05) is 42.5 Å². The largest absolute Gasteiger partial charge is 0.484 e. The molecule has 6 nitrogen and oxygen atoms in total. The highest BCUT2D eigenvalue weighted by molar-refractivity contribution is 6.34. The van der Waals surface area contributed by atoms with Crippen LogP contribution in [0.15, 0.2) is 91.0 Å². The lowest BCUT2D eigenvalue weighted by Gasteiger charge is -2.14. The van der Waals surface area contributed by atoms with E-state index >= 15 is 0 Å². The molecular formula is C26H18N2O4. The Labute approximate surface area is 184 Å². The van der Waals surface area contributed by atoms with Crippen molar-refractivity contribution in [3.8, 4) is 5.75 Å². The molecule has 0 spiro atoms. The molecule has 6 heteroatoms. The van der Waals surface area contributed by atoms with Gasteiger partial charge in [0.15, 0.2) is 6.61 Å². The monoisotopic (exact) mass is 422 g/mol. The van der Waals surface area contributed by atoms with Crippen LogP contribution >= 0.6 is 0 Å². The van der Waals surface area contributed by atoms with Crippen molar-refractivity contribution in [3.63, 3.8) is 0 Å². The number of hydrogen-bond acceptors (Lipinski definition) is 4. The first-order valence-electron chi connectivity index (χ1n) is 10.1. The molecule has 0 fully saturated rings. The summed E-state index contributed by atoms with van der Waals surface area (Å²) in [6.45, 7) is -0.140. The van der Waals surface area contributed by atoms with Gasteiger partial charge in [0.25, 0.3) is 17.7 Å². The van der Waals surface area contributed by atoms with E-state index in [1.165, 1.54) is 0 Å². The van der Waals surface area contributed by atoms with E-state index in [9.17, 15) is 14.4 Å². The fraction of sp³-hybridized carbons (Fsp3) is 0.0385. The quantitative estimate of drug-likeness (QED) is 0.475. The van der Waals surface area contributed by atoms with Gasteiger partial charge in [-0.05, 0) is 59.3 Å². The van der Waals surface area contributed by atoms with Crippen molar-refractivity contribution in [2.45, 2.75) is 0 Å². The van der Waals surface area contributed by atoms with Crippen molar-refractivity contribution in [3.05, 3.63) is 102 Å². The Hall–Kier alpha value is -4.45. The van der Waals surface area contributed by atoms with Crippen molar-refractivity contribution in [2.75, 3.05) is 16.8 Å². The number of imide groups is 1. The molecule has 1 aliphatic heterocycles. The van der Waals surface area contributed by atoms with Gasteiger partial charge in [-0.25, -0.2) is 4.90 Å². The lowest BCUT2D eigenvalue weighted by Crippen LogP contribution is -2.29. The average molecular weight is 422 g/mol. The summed E-state index contributed by atoms with van der Waals surface area (Å²) in [5.41, 5.74) is 1.76. The second-order valence-electron chi connectivity index (χ2n) is 7.38. The summed E-state index contributed by atoms with van der Waals surface area (Å²) in [6, 6.07) is 26.8. The number of ether oxygens (including phenoxy) is 1. The number of carbonyl (C=O) groups is 3. The molecule has 1 aliphatic rings. The van der Waals surface area contributed by atoms with E-state index < -0.39 is 0 Å². The molecule has 3 amide bonds. The summed E-state index contributed by atoms with van der Waals surface area (Å²) in [4.78, 5) is 38.6. The number of anilines is 2. The second-order valence-corrected chi connectivity index (χ2v) is 7.38. The van der Waals surface area contributed by atoms with Gasteiger partial charge < -0.3 is 10.1 Å². The Balaban J connectivity index is 1.22. The molecule has 5 rings (SSSR count). The van der Waals surface area contributed by atoms with Crippen molar-refractivity contribution < 1.29 is 19.1 Å². The van der Waals surface area contributed by atoms with Crippen LogP contribution in [0.2, 0.25) is 0 Å². The predicted octanol–water partition coefficient (Wildman–Crippen LogP) is 4.66. The first-order chi connectivity index (χ1) is 15.6. The molecule has 32 heavy (non-hydrogen) atoms. The molecule has 0 saturated carbocycles. The number of benzene rings is 4. The Kier molecular flexibility index (Phi) is 4.88. The topological polar surface area (TPSA) is 75.7 Å². The molecule has 0 aliphatic carbocycles. The molecule has 0 radical (unpaired) electrons. The number of carbonyl (C=O) groups excluding carboxylic acids is 3. The third kappa shape index (κ3) is 3.58. The lowest BCUT2D eigenvalue weighted by atomic mass is 10.1. The molecular weight excluding hydrogens is 404 g/mol. The highest BCUT2D eigenvalue weighted by Crippen LogP contribution is 2.29. The van der Waals surface area contributed by atoms with Crippen molar-refractivity contribution in [2.24, 2.45) is 0 Å². The molecule has 156 valence electrons. The Morgan fingerprint density at radius 3 is 2.06 bits per heavy atom. The minimum Gasteiger partial charge on any atom is -0.484 e. The number of fused-ring (bicyclic) bond motifs is 2. The van der Waals surface area contributed by atoms with E-state index in [0.29, 0.717) is 28.3 Å². The van der Waals surface area contributed by atoms with E-state index in [2.05, 4.69) is 5.32 Å². The number of hydrogen-bond donors (Lipinski definition) is 1. The summed E-state index contributed by atoms with van der Waals surface area (Å²) in [6.07, 6.45) is 0. The Bertz CT molecular complexity index is 1330. The summed E-state index contributed by atoms with van der Waals surface area (Å²) in [7, 11) is 0. The maximum Gasteiger partial charge on any atom is 0.266 e. The Morgan fingerprint density at radius 2 is 1.38 bits per heavy atom. The third-order valence-electron chi connectivity index (χ3n) is 5.29. The zero-order chi connectivity index (χ0) is 22.1. The normalized spacial score (nSPS) is 12.7. The number of rotatable bonds is 5. The van der Waals surface area contributed by atoms with Crippen LogP contribution in [0.4, 0.5) is 11.4 Å². The fourth-order valence-electron chi connectivity index (χ4n) is 3.72. The standard InChI is InChI=1S/C26H18N2O4/c29-24(16-32-21-14-9-17-5-1-2-6-18(17)15-21)27-19-10-12-20(13-11-19)28-25(30)22-7-3-4-8-23(22)26(28)31/h1-15H,16H2,(H,27,29). The van der Waals surface area contributed by atoms with Gasteiger partial charge in [0.2, 0.25) is 0 Å². The highest BCUT2D eigenvalue weighted by Gasteiger charge is 2.36. The molecule has 0 aromatic heterocycles. The van der Waals surface area contributed by atoms with Crippen molar-refractivity contribution in [1.82, 2.24) is 0 Å². The van der Waals surface area contributed by atoms with Gasteiger partial charge >= 0.3 is 0 Å². The molecule has 0 bridgehead atoms. The molecule has 0 atom stereocenters. The van der Waals surface area contributed by atoms with E-state index in [1.54, 1.807) is 48.5 Å². The first-order valence-corrected chi connectivity index (χ1v) is 10.1. The van der Waals surface area contributed by atoms with Gasteiger partial charge in [0.1, 0.15) is 5.75 Å². The Morgan fingerprint density at radius 1 is 0.750 bits per heavy atom. The molecule has 4 aromatic carbocycles. The van der Waals surface area contributed by atoms with Crippen LogP contribution in [0.1, 0.15) is 20.7 Å². The van der Waals surface area contributed by atoms with Crippen LogP contribution in [0.3, 0.4) is 0 Å². The van der Waals surface area contributed by atoms with Crippen LogP contribution in [0.5, 0.6) is 5.75 Å². The van der Waals surface area contributed by atoms with Gasteiger partial charge in [-0.1, -0.05) is 42.5 Å².